The van der Waals surface area contributed by atoms with Crippen molar-refractivity contribution in [2.75, 3.05) is 0 Å². The van der Waals surface area contributed by atoms with Crippen LogP contribution in [0, 0.1) is 0 Å². The highest BCUT2D eigenvalue weighted by Gasteiger charge is 2.39. The number of hydrogen-bond acceptors (Lipinski definition) is 2. The quantitative estimate of drug-likeness (QED) is 0.647. The van der Waals surface area contributed by atoms with E-state index in [1.165, 1.54) is 0 Å². The molecule has 0 heterocycles. The third kappa shape index (κ3) is 1.13. The van der Waals surface area contributed by atoms with Gasteiger partial charge in [0.05, 0.1) is 12.2 Å². The molecule has 0 bridgehead atoms. The van der Waals surface area contributed by atoms with Gasteiger partial charge in [0.1, 0.15) is 0 Å². The van der Waals surface area contributed by atoms with Crippen LogP contribution in [0.25, 0.3) is 0 Å². The van der Waals surface area contributed by atoms with Crippen LogP contribution in [0.5, 0.6) is 0 Å². The molecule has 2 heteroatoms. The van der Waals surface area contributed by atoms with Gasteiger partial charge in [0.15, 0.2) is 0 Å². The van der Waals surface area contributed by atoms with Gasteiger partial charge in [0.2, 0.25) is 0 Å². The van der Waals surface area contributed by atoms with Gasteiger partial charge < -0.3 is 10.2 Å². The molecule has 0 amide bonds. The highest BCUT2D eigenvalue weighted by atomic mass is 16.3. The zero-order valence-corrected chi connectivity index (χ0v) is 6.72. The van der Waals surface area contributed by atoms with Crippen molar-refractivity contribution in [3.8, 4) is 0 Å². The average molecular weight is 164 g/mol. The van der Waals surface area contributed by atoms with Crippen LogP contribution in [0.15, 0.2) is 30.3 Å². The predicted molar refractivity (Wildman–Crippen MR) is 45.8 cm³/mol. The van der Waals surface area contributed by atoms with Crippen LogP contribution < -0.4 is 0 Å². The molecule has 1 aliphatic rings. The van der Waals surface area contributed by atoms with Crippen molar-refractivity contribution < 1.29 is 10.2 Å². The summed E-state index contributed by atoms with van der Waals surface area (Å²) in [5.74, 6) is -0.0637. The van der Waals surface area contributed by atoms with Crippen molar-refractivity contribution in [1.82, 2.24) is 0 Å². The summed E-state index contributed by atoms with van der Waals surface area (Å²) in [7, 11) is 0. The summed E-state index contributed by atoms with van der Waals surface area (Å²) in [4.78, 5) is 0. The number of aliphatic hydroxyl groups is 2. The maximum Gasteiger partial charge on any atom is 0.0658 e. The lowest BCUT2D eigenvalue weighted by Crippen LogP contribution is -2.43. The largest absolute Gasteiger partial charge is 0.392 e. The van der Waals surface area contributed by atoms with Gasteiger partial charge in [-0.15, -0.1) is 0 Å². The molecule has 2 N–H and O–H groups in total. The number of benzene rings is 1. The van der Waals surface area contributed by atoms with Crippen LogP contribution in [0.1, 0.15) is 17.9 Å². The minimum Gasteiger partial charge on any atom is -0.392 e. The Morgan fingerprint density at radius 3 is 2.08 bits per heavy atom. The van der Waals surface area contributed by atoms with Crippen molar-refractivity contribution in [3.63, 3.8) is 0 Å². The molecular formula is C10H12O2. The summed E-state index contributed by atoms with van der Waals surface area (Å²) in [6, 6.07) is 9.66. The minimum absolute atomic E-state index is 0.0637. The fourth-order valence-electron chi connectivity index (χ4n) is 1.72. The second kappa shape index (κ2) is 2.88. The molecule has 0 radical (unpaired) electrons. The van der Waals surface area contributed by atoms with Crippen LogP contribution in [-0.2, 0) is 0 Å². The molecule has 2 atom stereocenters. The zero-order valence-electron chi connectivity index (χ0n) is 6.72. The summed E-state index contributed by atoms with van der Waals surface area (Å²) in [6.45, 7) is 0. The van der Waals surface area contributed by atoms with E-state index in [1.54, 1.807) is 0 Å². The molecular weight excluding hydrogens is 152 g/mol. The van der Waals surface area contributed by atoms with Crippen molar-refractivity contribution >= 4 is 0 Å². The van der Waals surface area contributed by atoms with Crippen molar-refractivity contribution in [2.24, 2.45) is 0 Å². The first-order valence-electron chi connectivity index (χ1n) is 4.20. The van der Waals surface area contributed by atoms with E-state index in [9.17, 15) is 10.2 Å². The van der Waals surface area contributed by atoms with Gasteiger partial charge in [0, 0.05) is 12.3 Å². The fraction of sp³-hybridized carbons (Fsp3) is 0.400. The van der Waals surface area contributed by atoms with E-state index in [4.69, 9.17) is 0 Å². The van der Waals surface area contributed by atoms with Crippen LogP contribution in [-0.4, -0.2) is 22.4 Å². The summed E-state index contributed by atoms with van der Waals surface area (Å²) in [5.41, 5.74) is 1.03. The third-order valence-electron chi connectivity index (χ3n) is 2.50. The second-order valence-electron chi connectivity index (χ2n) is 3.31. The Morgan fingerprint density at radius 2 is 1.58 bits per heavy atom. The molecule has 1 fully saturated rings. The summed E-state index contributed by atoms with van der Waals surface area (Å²) in [6.07, 6.45) is -0.204. The average Bonchev–Trinajstić information content (AvgIpc) is 2.05. The highest BCUT2D eigenvalue weighted by molar-refractivity contribution is 5.25. The molecule has 0 aliphatic heterocycles. The fourth-order valence-corrected chi connectivity index (χ4v) is 1.72. The molecule has 2 nitrogen and oxygen atoms in total. The molecule has 12 heavy (non-hydrogen) atoms. The first-order chi connectivity index (χ1) is 5.79. The molecule has 0 saturated heterocycles. The number of aliphatic hydroxyl groups excluding tert-OH is 2. The predicted octanol–water partition coefficient (Wildman–Crippen LogP) is 0.896. The van der Waals surface area contributed by atoms with E-state index >= 15 is 0 Å². The lowest BCUT2D eigenvalue weighted by Gasteiger charge is -2.38. The summed E-state index contributed by atoms with van der Waals surface area (Å²) < 4.78 is 0. The maximum atomic E-state index is 9.37. The van der Waals surface area contributed by atoms with E-state index in [2.05, 4.69) is 0 Å². The van der Waals surface area contributed by atoms with E-state index < -0.39 is 0 Å². The molecule has 2 rings (SSSR count). The van der Waals surface area contributed by atoms with Crippen molar-refractivity contribution in [1.29, 1.82) is 0 Å². The van der Waals surface area contributed by atoms with E-state index in [-0.39, 0.29) is 18.1 Å². The van der Waals surface area contributed by atoms with Crippen LogP contribution in [0.4, 0.5) is 0 Å². The Bertz CT molecular complexity index is 250. The highest BCUT2D eigenvalue weighted by Crippen LogP contribution is 2.36. The van der Waals surface area contributed by atoms with E-state index in [1.807, 2.05) is 30.3 Å². The van der Waals surface area contributed by atoms with Gasteiger partial charge in [-0.05, 0) is 5.56 Å². The maximum absolute atomic E-state index is 9.37. The second-order valence-corrected chi connectivity index (χ2v) is 3.31. The van der Waals surface area contributed by atoms with Gasteiger partial charge >= 0.3 is 0 Å². The number of hydrogen-bond donors (Lipinski definition) is 2. The number of rotatable bonds is 1. The Hall–Kier alpha value is -0.860. The van der Waals surface area contributed by atoms with Gasteiger partial charge in [-0.1, -0.05) is 30.3 Å². The Morgan fingerprint density at radius 1 is 1.00 bits per heavy atom. The third-order valence-corrected chi connectivity index (χ3v) is 2.50. The standard InChI is InChI=1S/C10H12O2/c11-8-6-9(12)10(8)7-4-2-1-3-5-7/h1-5,8-12H,6H2. The van der Waals surface area contributed by atoms with Crippen molar-refractivity contribution in [3.05, 3.63) is 35.9 Å². The first kappa shape index (κ1) is 7.77. The lowest BCUT2D eigenvalue weighted by molar-refractivity contribution is -0.0523. The van der Waals surface area contributed by atoms with Gasteiger partial charge in [-0.2, -0.15) is 0 Å². The van der Waals surface area contributed by atoms with Gasteiger partial charge in [-0.3, -0.25) is 0 Å². The van der Waals surface area contributed by atoms with Crippen molar-refractivity contribution in [2.45, 2.75) is 24.5 Å². The van der Waals surface area contributed by atoms with E-state index in [0.29, 0.717) is 6.42 Å². The van der Waals surface area contributed by atoms with Gasteiger partial charge in [0.25, 0.3) is 0 Å². The zero-order chi connectivity index (χ0) is 8.55. The molecule has 64 valence electrons. The van der Waals surface area contributed by atoms with Crippen LogP contribution in [0.2, 0.25) is 0 Å². The minimum atomic E-state index is -0.359. The first-order valence-corrected chi connectivity index (χ1v) is 4.20. The molecule has 1 aromatic rings. The lowest BCUT2D eigenvalue weighted by atomic mass is 9.74. The molecule has 2 unspecified atom stereocenters. The summed E-state index contributed by atoms with van der Waals surface area (Å²) in [5, 5.41) is 18.7. The topological polar surface area (TPSA) is 40.5 Å². The smallest absolute Gasteiger partial charge is 0.0658 e. The molecule has 1 aliphatic carbocycles. The van der Waals surface area contributed by atoms with E-state index in [0.717, 1.165) is 5.56 Å². The Kier molecular flexibility index (Phi) is 1.87. The molecule has 0 aromatic heterocycles. The van der Waals surface area contributed by atoms with Crippen LogP contribution in [0.3, 0.4) is 0 Å². The normalized spacial score (nSPS) is 34.3. The molecule has 0 spiro atoms. The molecule has 1 saturated carbocycles. The van der Waals surface area contributed by atoms with Gasteiger partial charge in [-0.25, -0.2) is 0 Å². The monoisotopic (exact) mass is 164 g/mol. The Labute approximate surface area is 71.5 Å². The SMILES string of the molecule is OC1CC(O)C1c1ccccc1. The molecule has 1 aromatic carbocycles. The summed E-state index contributed by atoms with van der Waals surface area (Å²) >= 11 is 0. The Balaban J connectivity index is 2.20. The van der Waals surface area contributed by atoms with Crippen LogP contribution >= 0.6 is 0 Å².